The molecule has 98 valence electrons. The molecule has 0 bridgehead atoms. The Kier molecular flexibility index (Phi) is 4.51. The van der Waals surface area contributed by atoms with Gasteiger partial charge in [0.25, 0.3) is 0 Å². The summed E-state index contributed by atoms with van der Waals surface area (Å²) in [6, 6.07) is 19.9. The molecule has 2 aromatic rings. The first-order chi connectivity index (χ1) is 9.18. The zero-order valence-electron chi connectivity index (χ0n) is 11.5. The molecule has 2 aromatic carbocycles. The average molecular weight is 252 g/mol. The maximum Gasteiger partial charge on any atom is 0.163 e. The van der Waals surface area contributed by atoms with Gasteiger partial charge in [-0.25, -0.2) is 0 Å². The summed E-state index contributed by atoms with van der Waals surface area (Å²) >= 11 is 0. The molecule has 0 amide bonds. The van der Waals surface area contributed by atoms with Crippen molar-refractivity contribution in [2.75, 3.05) is 0 Å². The van der Waals surface area contributed by atoms with Crippen molar-refractivity contribution in [3.8, 4) is 0 Å². The van der Waals surface area contributed by atoms with Crippen molar-refractivity contribution in [2.24, 2.45) is 5.92 Å². The second-order valence-corrected chi connectivity index (χ2v) is 5.25. The summed E-state index contributed by atoms with van der Waals surface area (Å²) < 4.78 is 0. The van der Waals surface area contributed by atoms with Crippen molar-refractivity contribution in [1.82, 2.24) is 0 Å². The highest BCUT2D eigenvalue weighted by molar-refractivity contribution is 5.96. The molecule has 0 spiro atoms. The molecular weight excluding hydrogens is 232 g/mol. The Morgan fingerprint density at radius 3 is 1.95 bits per heavy atom. The van der Waals surface area contributed by atoms with Gasteiger partial charge in [-0.05, 0) is 17.4 Å². The van der Waals surface area contributed by atoms with E-state index in [1.807, 2.05) is 48.5 Å². The first-order valence-corrected chi connectivity index (χ1v) is 6.81. The topological polar surface area (TPSA) is 17.1 Å². The summed E-state index contributed by atoms with van der Waals surface area (Å²) in [7, 11) is 0. The summed E-state index contributed by atoms with van der Waals surface area (Å²) in [6.07, 6.45) is 0.575. The SMILES string of the molecule is CC(C)C(CC(=O)c1ccccc1)c1ccccc1. The van der Waals surface area contributed by atoms with Crippen molar-refractivity contribution in [3.63, 3.8) is 0 Å². The number of hydrogen-bond donors (Lipinski definition) is 0. The fourth-order valence-corrected chi connectivity index (χ4v) is 2.38. The fourth-order valence-electron chi connectivity index (χ4n) is 2.38. The van der Waals surface area contributed by atoms with Gasteiger partial charge >= 0.3 is 0 Å². The molecule has 0 aliphatic carbocycles. The highest BCUT2D eigenvalue weighted by atomic mass is 16.1. The highest BCUT2D eigenvalue weighted by Crippen LogP contribution is 2.29. The number of ketones is 1. The van der Waals surface area contributed by atoms with E-state index < -0.39 is 0 Å². The van der Waals surface area contributed by atoms with Gasteiger partial charge < -0.3 is 0 Å². The number of benzene rings is 2. The van der Waals surface area contributed by atoms with Gasteiger partial charge in [-0.3, -0.25) is 4.79 Å². The van der Waals surface area contributed by atoms with Crippen molar-refractivity contribution in [1.29, 1.82) is 0 Å². The molecule has 0 fully saturated rings. The van der Waals surface area contributed by atoms with E-state index in [1.165, 1.54) is 5.56 Å². The van der Waals surface area contributed by atoms with Gasteiger partial charge in [0.05, 0.1) is 0 Å². The third kappa shape index (κ3) is 3.54. The average Bonchev–Trinajstić information content (AvgIpc) is 2.46. The number of rotatable bonds is 5. The lowest BCUT2D eigenvalue weighted by Crippen LogP contribution is -2.12. The predicted molar refractivity (Wildman–Crippen MR) is 79.4 cm³/mol. The lowest BCUT2D eigenvalue weighted by atomic mass is 9.83. The van der Waals surface area contributed by atoms with E-state index in [4.69, 9.17) is 0 Å². The minimum Gasteiger partial charge on any atom is -0.294 e. The molecule has 19 heavy (non-hydrogen) atoms. The molecule has 0 heterocycles. The van der Waals surface area contributed by atoms with Gasteiger partial charge in [-0.1, -0.05) is 74.5 Å². The molecule has 0 N–H and O–H groups in total. The Morgan fingerprint density at radius 1 is 0.895 bits per heavy atom. The number of carbonyl (C=O) groups is 1. The first kappa shape index (κ1) is 13.5. The molecule has 0 aromatic heterocycles. The highest BCUT2D eigenvalue weighted by Gasteiger charge is 2.20. The van der Waals surface area contributed by atoms with E-state index >= 15 is 0 Å². The normalized spacial score (nSPS) is 12.4. The van der Waals surface area contributed by atoms with Crippen molar-refractivity contribution >= 4 is 5.78 Å². The minimum atomic E-state index is 0.225. The largest absolute Gasteiger partial charge is 0.294 e. The standard InChI is InChI=1S/C18H20O/c1-14(2)17(15-9-5-3-6-10-15)13-18(19)16-11-7-4-8-12-16/h3-12,14,17H,13H2,1-2H3. The van der Waals surface area contributed by atoms with Gasteiger partial charge in [-0.2, -0.15) is 0 Å². The summed E-state index contributed by atoms with van der Waals surface area (Å²) in [4.78, 5) is 12.3. The van der Waals surface area contributed by atoms with E-state index in [-0.39, 0.29) is 11.7 Å². The maximum absolute atomic E-state index is 12.3. The van der Waals surface area contributed by atoms with Gasteiger partial charge in [0, 0.05) is 12.0 Å². The summed E-state index contributed by atoms with van der Waals surface area (Å²) in [5.41, 5.74) is 2.06. The second-order valence-electron chi connectivity index (χ2n) is 5.25. The van der Waals surface area contributed by atoms with E-state index in [2.05, 4.69) is 26.0 Å². The van der Waals surface area contributed by atoms with Crippen LogP contribution in [-0.2, 0) is 0 Å². The van der Waals surface area contributed by atoms with Gasteiger partial charge in [0.15, 0.2) is 5.78 Å². The zero-order valence-corrected chi connectivity index (χ0v) is 11.5. The smallest absolute Gasteiger partial charge is 0.163 e. The summed E-state index contributed by atoms with van der Waals surface area (Å²) in [6.45, 7) is 4.35. The predicted octanol–water partition coefficient (Wildman–Crippen LogP) is 4.70. The van der Waals surface area contributed by atoms with Crippen LogP contribution >= 0.6 is 0 Å². The molecule has 0 saturated heterocycles. The maximum atomic E-state index is 12.3. The minimum absolute atomic E-state index is 0.225. The van der Waals surface area contributed by atoms with E-state index in [0.29, 0.717) is 12.3 Å². The monoisotopic (exact) mass is 252 g/mol. The van der Waals surface area contributed by atoms with Gasteiger partial charge in [0.1, 0.15) is 0 Å². The molecule has 2 rings (SSSR count). The van der Waals surface area contributed by atoms with Crippen LogP contribution < -0.4 is 0 Å². The van der Waals surface area contributed by atoms with Crippen molar-refractivity contribution in [2.45, 2.75) is 26.2 Å². The molecule has 0 radical (unpaired) electrons. The Labute approximate surface area is 115 Å². The summed E-state index contributed by atoms with van der Waals surface area (Å²) in [5, 5.41) is 0. The molecule has 0 saturated carbocycles. The molecule has 1 atom stereocenters. The van der Waals surface area contributed by atoms with Gasteiger partial charge in [0.2, 0.25) is 0 Å². The van der Waals surface area contributed by atoms with Crippen LogP contribution in [0.1, 0.15) is 42.1 Å². The molecule has 0 aliphatic rings. The Hall–Kier alpha value is -1.89. The lowest BCUT2D eigenvalue weighted by Gasteiger charge is -2.20. The van der Waals surface area contributed by atoms with Crippen LogP contribution in [0.25, 0.3) is 0 Å². The van der Waals surface area contributed by atoms with Crippen LogP contribution in [0.4, 0.5) is 0 Å². The van der Waals surface area contributed by atoms with Crippen molar-refractivity contribution < 1.29 is 4.79 Å². The molecule has 1 unspecified atom stereocenters. The van der Waals surface area contributed by atoms with Crippen molar-refractivity contribution in [3.05, 3.63) is 71.8 Å². The molecule has 1 heteroatoms. The second kappa shape index (κ2) is 6.33. The molecular formula is C18H20O. The van der Waals surface area contributed by atoms with Crippen LogP contribution in [0, 0.1) is 5.92 Å². The first-order valence-electron chi connectivity index (χ1n) is 6.81. The van der Waals surface area contributed by atoms with Gasteiger partial charge in [-0.15, -0.1) is 0 Å². The van der Waals surface area contributed by atoms with Crippen LogP contribution in [0.2, 0.25) is 0 Å². The zero-order chi connectivity index (χ0) is 13.7. The Balaban J connectivity index is 2.17. The van der Waals surface area contributed by atoms with E-state index in [0.717, 1.165) is 5.56 Å². The third-order valence-electron chi connectivity index (χ3n) is 3.53. The molecule has 1 nitrogen and oxygen atoms in total. The van der Waals surface area contributed by atoms with Crippen LogP contribution in [-0.4, -0.2) is 5.78 Å². The van der Waals surface area contributed by atoms with Crippen LogP contribution in [0.15, 0.2) is 60.7 Å². The molecule has 0 aliphatic heterocycles. The lowest BCUT2D eigenvalue weighted by molar-refractivity contribution is 0.0966. The van der Waals surface area contributed by atoms with Crippen LogP contribution in [0.3, 0.4) is 0 Å². The van der Waals surface area contributed by atoms with E-state index in [1.54, 1.807) is 0 Å². The quantitative estimate of drug-likeness (QED) is 0.705. The fraction of sp³-hybridized carbons (Fsp3) is 0.278. The summed E-state index contributed by atoms with van der Waals surface area (Å²) in [5.74, 6) is 0.965. The van der Waals surface area contributed by atoms with Crippen LogP contribution in [0.5, 0.6) is 0 Å². The Morgan fingerprint density at radius 2 is 1.42 bits per heavy atom. The number of carbonyl (C=O) groups excluding carboxylic acids is 1. The number of Topliss-reactive ketones (excluding diaryl/α,β-unsaturated/α-hetero) is 1. The Bertz CT molecular complexity index is 514. The third-order valence-corrected chi connectivity index (χ3v) is 3.53. The number of hydrogen-bond acceptors (Lipinski definition) is 1. The van der Waals surface area contributed by atoms with E-state index in [9.17, 15) is 4.79 Å².